The minimum absolute atomic E-state index is 0.0328. The van der Waals surface area contributed by atoms with Crippen LogP contribution >= 0.6 is 0 Å². The predicted octanol–water partition coefficient (Wildman–Crippen LogP) is 10.3. The molecule has 9 rings (SSSR count). The van der Waals surface area contributed by atoms with Crippen LogP contribution in [0.4, 0.5) is 34.1 Å². The Kier molecular flexibility index (Phi) is 6.07. The lowest BCUT2D eigenvalue weighted by Gasteiger charge is -2.42. The van der Waals surface area contributed by atoms with Crippen LogP contribution in [0, 0.1) is 0 Å². The van der Waals surface area contributed by atoms with Crippen LogP contribution < -0.4 is 9.80 Å². The number of nitrogens with zero attached hydrogens (tertiary/aromatic N) is 2. The first-order valence-corrected chi connectivity index (χ1v) is 18.1. The number of para-hydroxylation sites is 4. The molecular formula is C43H34N2O3S. The predicted molar refractivity (Wildman–Crippen MR) is 195 cm³/mol. The summed E-state index contributed by atoms with van der Waals surface area (Å²) in [5, 5.41) is 0. The second-order valence-corrected chi connectivity index (χ2v) is 16.1. The molecule has 0 amide bonds. The topological polar surface area (TPSA) is 57.7 Å². The number of sulfone groups is 1. The van der Waals surface area contributed by atoms with E-state index in [4.69, 9.17) is 0 Å². The standard InChI is InChI=1S/C43H34N2O3S/c1-42(2)31-13-5-9-17-35(31)44(36-18-10-6-14-32(36)42)27-22-24-39-30(25-27)41(46)29-23-21-28(26-40(29)49(39,47)48)45-37-19-11-7-15-33(37)43(3,4)34-16-8-12-20-38(34)45/h5-26H,1-4H3. The van der Waals surface area contributed by atoms with Crippen LogP contribution in [0.3, 0.4) is 0 Å². The highest BCUT2D eigenvalue weighted by atomic mass is 32.2. The van der Waals surface area contributed by atoms with Gasteiger partial charge in [0.15, 0.2) is 5.78 Å². The zero-order valence-corrected chi connectivity index (χ0v) is 28.5. The van der Waals surface area contributed by atoms with Gasteiger partial charge in [0, 0.05) is 33.3 Å². The molecule has 0 aromatic heterocycles. The molecule has 0 atom stereocenters. The fourth-order valence-corrected chi connectivity index (χ4v) is 9.94. The number of anilines is 6. The van der Waals surface area contributed by atoms with E-state index in [-0.39, 0.29) is 37.5 Å². The van der Waals surface area contributed by atoms with Crippen molar-refractivity contribution in [1.29, 1.82) is 0 Å². The second-order valence-electron chi connectivity index (χ2n) is 14.2. The molecule has 0 spiro atoms. The third-order valence-corrected chi connectivity index (χ3v) is 12.6. The minimum atomic E-state index is -4.03. The van der Waals surface area contributed by atoms with Gasteiger partial charge in [-0.3, -0.25) is 4.79 Å². The number of carbonyl (C=O) groups excluding carboxylic acids is 1. The normalized spacial score (nSPS) is 17.2. The number of carbonyl (C=O) groups is 1. The van der Waals surface area contributed by atoms with Gasteiger partial charge in [-0.1, -0.05) is 100 Å². The maximum atomic E-state index is 14.5. The number of hydrogen-bond donors (Lipinski definition) is 0. The summed E-state index contributed by atoms with van der Waals surface area (Å²) in [6.07, 6.45) is 0. The minimum Gasteiger partial charge on any atom is -0.310 e. The van der Waals surface area contributed by atoms with Crippen LogP contribution in [0.15, 0.2) is 143 Å². The van der Waals surface area contributed by atoms with Crippen molar-refractivity contribution in [3.8, 4) is 0 Å². The smallest absolute Gasteiger partial charge is 0.208 e. The molecule has 6 heteroatoms. The van der Waals surface area contributed by atoms with Crippen molar-refractivity contribution >= 4 is 49.7 Å². The Labute approximate surface area is 287 Å². The van der Waals surface area contributed by atoms with Crippen LogP contribution in [-0.4, -0.2) is 14.2 Å². The summed E-state index contributed by atoms with van der Waals surface area (Å²) in [5.41, 5.74) is 9.92. The maximum absolute atomic E-state index is 14.5. The lowest BCUT2D eigenvalue weighted by Crippen LogP contribution is -2.31. The highest BCUT2D eigenvalue weighted by Gasteiger charge is 2.41. The third-order valence-electron chi connectivity index (χ3n) is 10.8. The molecule has 0 N–H and O–H groups in total. The molecule has 0 bridgehead atoms. The van der Waals surface area contributed by atoms with Gasteiger partial charge in [-0.2, -0.15) is 0 Å². The van der Waals surface area contributed by atoms with E-state index in [1.54, 1.807) is 24.3 Å². The number of hydrogen-bond acceptors (Lipinski definition) is 5. The molecule has 0 fully saturated rings. The first kappa shape index (κ1) is 29.7. The Bertz CT molecular complexity index is 2410. The molecule has 0 aliphatic carbocycles. The Morgan fingerprint density at radius 2 is 0.837 bits per heavy atom. The van der Waals surface area contributed by atoms with Gasteiger partial charge in [-0.25, -0.2) is 8.42 Å². The summed E-state index contributed by atoms with van der Waals surface area (Å²) in [6.45, 7) is 8.87. The average molecular weight is 659 g/mol. The lowest BCUT2D eigenvalue weighted by molar-refractivity contribution is 0.103. The van der Waals surface area contributed by atoms with Crippen LogP contribution in [0.2, 0.25) is 0 Å². The lowest BCUT2D eigenvalue weighted by atomic mass is 9.73. The summed E-state index contributed by atoms with van der Waals surface area (Å²) in [7, 11) is -4.03. The van der Waals surface area contributed by atoms with Crippen LogP contribution in [0.5, 0.6) is 0 Å². The van der Waals surface area contributed by atoms with Crippen molar-refractivity contribution in [3.63, 3.8) is 0 Å². The Hall–Kier alpha value is -5.46. The zero-order chi connectivity index (χ0) is 33.9. The Morgan fingerprint density at radius 3 is 1.29 bits per heavy atom. The van der Waals surface area contributed by atoms with E-state index in [0.717, 1.165) is 50.7 Å². The van der Waals surface area contributed by atoms with Crippen molar-refractivity contribution < 1.29 is 13.2 Å². The molecule has 49 heavy (non-hydrogen) atoms. The third kappa shape index (κ3) is 3.98. The molecular weight excluding hydrogens is 625 g/mol. The SMILES string of the molecule is CC1(C)c2ccccc2N(c2ccc3c(c2)C(=O)c2ccc(N4c5ccccc5C(C)(C)c5ccccc54)cc2S3(=O)=O)c2ccccc21. The molecule has 0 radical (unpaired) electrons. The van der Waals surface area contributed by atoms with Gasteiger partial charge in [-0.05, 0) is 82.9 Å². The van der Waals surface area contributed by atoms with Gasteiger partial charge in [-0.15, -0.1) is 0 Å². The van der Waals surface area contributed by atoms with Crippen molar-refractivity contribution in [3.05, 3.63) is 167 Å². The largest absolute Gasteiger partial charge is 0.310 e. The monoisotopic (exact) mass is 658 g/mol. The van der Waals surface area contributed by atoms with E-state index < -0.39 is 9.84 Å². The summed E-state index contributed by atoms with van der Waals surface area (Å²) >= 11 is 0. The zero-order valence-electron chi connectivity index (χ0n) is 27.7. The highest BCUT2D eigenvalue weighted by molar-refractivity contribution is 7.91. The van der Waals surface area contributed by atoms with Gasteiger partial charge in [0.2, 0.25) is 9.84 Å². The van der Waals surface area contributed by atoms with Gasteiger partial charge in [0.25, 0.3) is 0 Å². The molecule has 3 aliphatic heterocycles. The number of fused-ring (bicyclic) bond motifs is 6. The number of ketones is 1. The molecule has 0 unspecified atom stereocenters. The quantitative estimate of drug-likeness (QED) is 0.185. The maximum Gasteiger partial charge on any atom is 0.208 e. The fourth-order valence-electron chi connectivity index (χ4n) is 8.29. The van der Waals surface area contributed by atoms with Crippen molar-refractivity contribution in [2.75, 3.05) is 9.80 Å². The molecule has 3 aliphatic rings. The van der Waals surface area contributed by atoms with Crippen LogP contribution in [0.1, 0.15) is 65.9 Å². The molecule has 6 aromatic rings. The molecule has 0 saturated heterocycles. The average Bonchev–Trinajstić information content (AvgIpc) is 3.11. The van der Waals surface area contributed by atoms with Crippen molar-refractivity contribution in [2.45, 2.75) is 48.3 Å². The van der Waals surface area contributed by atoms with Gasteiger partial charge < -0.3 is 9.80 Å². The fraction of sp³-hybridized carbons (Fsp3) is 0.140. The summed E-state index contributed by atoms with van der Waals surface area (Å²) in [5.74, 6) is -0.298. The van der Waals surface area contributed by atoms with Crippen LogP contribution in [-0.2, 0) is 20.7 Å². The van der Waals surface area contributed by atoms with Crippen molar-refractivity contribution in [2.24, 2.45) is 0 Å². The molecule has 3 heterocycles. The summed E-state index contributed by atoms with van der Waals surface area (Å²) in [6, 6.07) is 43.4. The van der Waals surface area contributed by atoms with E-state index >= 15 is 0 Å². The van der Waals surface area contributed by atoms with E-state index in [0.29, 0.717) is 5.69 Å². The summed E-state index contributed by atoms with van der Waals surface area (Å²) < 4.78 is 28.9. The Balaban J connectivity index is 1.19. The van der Waals surface area contributed by atoms with E-state index in [1.807, 2.05) is 60.7 Å². The van der Waals surface area contributed by atoms with E-state index in [2.05, 4.69) is 86.0 Å². The van der Waals surface area contributed by atoms with Gasteiger partial charge in [0.1, 0.15) is 0 Å². The molecule has 0 saturated carbocycles. The Morgan fingerprint density at radius 1 is 0.449 bits per heavy atom. The summed E-state index contributed by atoms with van der Waals surface area (Å²) in [4.78, 5) is 18.6. The molecule has 5 nitrogen and oxygen atoms in total. The van der Waals surface area contributed by atoms with Gasteiger partial charge in [0.05, 0.1) is 32.5 Å². The first-order valence-electron chi connectivity index (χ1n) is 16.6. The van der Waals surface area contributed by atoms with E-state index in [1.165, 1.54) is 0 Å². The molecule has 240 valence electrons. The number of rotatable bonds is 2. The highest BCUT2D eigenvalue weighted by Crippen LogP contribution is 2.54. The van der Waals surface area contributed by atoms with Crippen molar-refractivity contribution in [1.82, 2.24) is 0 Å². The van der Waals surface area contributed by atoms with E-state index in [9.17, 15) is 13.2 Å². The first-order chi connectivity index (χ1) is 23.5. The number of benzene rings is 6. The van der Waals surface area contributed by atoms with Crippen LogP contribution in [0.25, 0.3) is 0 Å². The molecule has 6 aromatic carbocycles. The second kappa shape index (κ2) is 10.0. The van der Waals surface area contributed by atoms with Gasteiger partial charge >= 0.3 is 0 Å².